The number of nitrogens with zero attached hydrogens (tertiary/aromatic N) is 2. The molecule has 1 fully saturated rings. The largest absolute Gasteiger partial charge is 0.491 e. The summed E-state index contributed by atoms with van der Waals surface area (Å²) in [5, 5.41) is 6.82. The quantitative estimate of drug-likeness (QED) is 0.222. The first kappa shape index (κ1) is 25.0. The number of hydrogen-bond acceptors (Lipinski definition) is 4. The lowest BCUT2D eigenvalue weighted by atomic mass is 10.0. The minimum Gasteiger partial charge on any atom is -0.491 e. The molecule has 7 heteroatoms. The van der Waals surface area contributed by atoms with Gasteiger partial charge in [0, 0.05) is 39.8 Å². The smallest absolute Gasteiger partial charge is 0.191 e. The van der Waals surface area contributed by atoms with Crippen molar-refractivity contribution in [2.24, 2.45) is 4.99 Å². The molecule has 0 radical (unpaired) electrons. The lowest BCUT2D eigenvalue weighted by molar-refractivity contribution is 0.146. The van der Waals surface area contributed by atoms with E-state index in [1.807, 2.05) is 19.2 Å². The van der Waals surface area contributed by atoms with Gasteiger partial charge in [0.15, 0.2) is 5.96 Å². The predicted molar refractivity (Wildman–Crippen MR) is 127 cm³/mol. The van der Waals surface area contributed by atoms with E-state index in [1.54, 1.807) is 7.11 Å². The molecule has 1 atom stereocenters. The lowest BCUT2D eigenvalue weighted by Gasteiger charge is -2.35. The highest BCUT2D eigenvalue weighted by molar-refractivity contribution is 14.0. The molecule has 28 heavy (non-hydrogen) atoms. The Hall–Kier alpha value is -1.06. The molecule has 1 unspecified atom stereocenters. The van der Waals surface area contributed by atoms with E-state index in [0.29, 0.717) is 13.2 Å². The van der Waals surface area contributed by atoms with Crippen LogP contribution in [0.1, 0.15) is 38.2 Å². The van der Waals surface area contributed by atoms with Crippen molar-refractivity contribution in [3.8, 4) is 5.75 Å². The van der Waals surface area contributed by atoms with Crippen molar-refractivity contribution < 1.29 is 9.47 Å². The molecule has 0 saturated carbocycles. The molecule has 0 amide bonds. The monoisotopic (exact) mass is 504 g/mol. The maximum absolute atomic E-state index is 5.59. The lowest BCUT2D eigenvalue weighted by Crippen LogP contribution is -2.45. The van der Waals surface area contributed by atoms with Gasteiger partial charge in [0.1, 0.15) is 12.4 Å². The van der Waals surface area contributed by atoms with E-state index in [1.165, 1.54) is 37.8 Å². The Labute approximate surface area is 187 Å². The third-order valence-corrected chi connectivity index (χ3v) is 5.07. The minimum atomic E-state index is 0. The normalized spacial score (nSPS) is 17.7. The van der Waals surface area contributed by atoms with Gasteiger partial charge in [-0.3, -0.25) is 9.89 Å². The van der Waals surface area contributed by atoms with Crippen LogP contribution < -0.4 is 15.4 Å². The first-order chi connectivity index (χ1) is 13.3. The number of rotatable bonds is 10. The van der Waals surface area contributed by atoms with Gasteiger partial charge in [-0.2, -0.15) is 0 Å². The van der Waals surface area contributed by atoms with Crippen molar-refractivity contribution in [1.82, 2.24) is 15.5 Å². The maximum Gasteiger partial charge on any atom is 0.191 e. The molecule has 2 N–H and O–H groups in total. The third-order valence-electron chi connectivity index (χ3n) is 5.07. The second-order valence-electron chi connectivity index (χ2n) is 6.93. The van der Waals surface area contributed by atoms with Crippen LogP contribution in [-0.4, -0.2) is 63.9 Å². The number of benzene rings is 1. The minimum absolute atomic E-state index is 0. The summed E-state index contributed by atoms with van der Waals surface area (Å²) < 4.78 is 10.6. The van der Waals surface area contributed by atoms with E-state index in [9.17, 15) is 0 Å². The van der Waals surface area contributed by atoms with Gasteiger partial charge in [-0.05, 0) is 43.5 Å². The number of likely N-dealkylation sites (tertiary alicyclic amines) is 1. The number of piperidine rings is 1. The van der Waals surface area contributed by atoms with Crippen LogP contribution in [0, 0.1) is 0 Å². The van der Waals surface area contributed by atoms with Gasteiger partial charge in [-0.25, -0.2) is 0 Å². The molecule has 1 saturated heterocycles. The third kappa shape index (κ3) is 8.96. The fourth-order valence-electron chi connectivity index (χ4n) is 3.49. The van der Waals surface area contributed by atoms with Gasteiger partial charge in [-0.1, -0.05) is 25.5 Å². The standard InChI is InChI=1S/C21H36N4O2.HI/c1-4-19-7-5-6-13-25(19)14-12-23-21(22-2)24-17-18-8-10-20(11-9-18)27-16-15-26-3;/h8-11,19H,4-7,12-17H2,1-3H3,(H2,22,23,24);1H. The van der Waals surface area contributed by atoms with Crippen molar-refractivity contribution >= 4 is 29.9 Å². The Morgan fingerprint density at radius 3 is 2.64 bits per heavy atom. The van der Waals surface area contributed by atoms with Gasteiger partial charge >= 0.3 is 0 Å². The van der Waals surface area contributed by atoms with Crippen molar-refractivity contribution in [2.45, 2.75) is 45.2 Å². The summed E-state index contributed by atoms with van der Waals surface area (Å²) in [5.74, 6) is 1.71. The van der Waals surface area contributed by atoms with Gasteiger partial charge in [0.25, 0.3) is 0 Å². The second-order valence-corrected chi connectivity index (χ2v) is 6.93. The van der Waals surface area contributed by atoms with Crippen LogP contribution in [0.5, 0.6) is 5.75 Å². The zero-order valence-corrected chi connectivity index (χ0v) is 19.9. The molecule has 6 nitrogen and oxygen atoms in total. The summed E-state index contributed by atoms with van der Waals surface area (Å²) in [6.45, 7) is 7.42. The molecular formula is C21H37IN4O2. The van der Waals surface area contributed by atoms with Crippen LogP contribution in [0.2, 0.25) is 0 Å². The molecular weight excluding hydrogens is 467 g/mol. The number of hydrogen-bond donors (Lipinski definition) is 2. The zero-order valence-electron chi connectivity index (χ0n) is 17.6. The molecule has 160 valence electrons. The highest BCUT2D eigenvalue weighted by atomic mass is 127. The second kappa shape index (κ2) is 14.9. The number of methoxy groups -OCH3 is 1. The van der Waals surface area contributed by atoms with Gasteiger partial charge < -0.3 is 20.1 Å². The number of halogens is 1. The number of aliphatic imine (C=N–C) groups is 1. The van der Waals surface area contributed by atoms with Crippen molar-refractivity contribution in [3.63, 3.8) is 0 Å². The molecule has 1 heterocycles. The average Bonchev–Trinajstić information content (AvgIpc) is 2.72. The molecule has 0 spiro atoms. The number of ether oxygens (including phenoxy) is 2. The van der Waals surface area contributed by atoms with Gasteiger partial charge in [0.2, 0.25) is 0 Å². The van der Waals surface area contributed by atoms with Crippen LogP contribution >= 0.6 is 24.0 Å². The van der Waals surface area contributed by atoms with Crippen molar-refractivity contribution in [2.75, 3.05) is 47.0 Å². The summed E-state index contributed by atoms with van der Waals surface area (Å²) >= 11 is 0. The molecule has 0 aliphatic carbocycles. The van der Waals surface area contributed by atoms with Crippen LogP contribution in [0.3, 0.4) is 0 Å². The Bertz CT molecular complexity index is 554. The van der Waals surface area contributed by atoms with E-state index in [-0.39, 0.29) is 24.0 Å². The molecule has 1 aliphatic rings. The van der Waals surface area contributed by atoms with E-state index >= 15 is 0 Å². The van der Waals surface area contributed by atoms with E-state index in [0.717, 1.165) is 37.4 Å². The first-order valence-electron chi connectivity index (χ1n) is 10.2. The van der Waals surface area contributed by atoms with Gasteiger partial charge in [-0.15, -0.1) is 24.0 Å². The number of guanidine groups is 1. The molecule has 2 rings (SSSR count). The molecule has 0 bridgehead atoms. The average molecular weight is 504 g/mol. The highest BCUT2D eigenvalue weighted by Crippen LogP contribution is 2.18. The van der Waals surface area contributed by atoms with Crippen LogP contribution in [-0.2, 0) is 11.3 Å². The Morgan fingerprint density at radius 2 is 1.96 bits per heavy atom. The predicted octanol–water partition coefficient (Wildman–Crippen LogP) is 3.26. The van der Waals surface area contributed by atoms with Crippen LogP contribution in [0.25, 0.3) is 0 Å². The molecule has 1 aromatic rings. The fraction of sp³-hybridized carbons (Fsp3) is 0.667. The SMILES string of the molecule is CCC1CCCCN1CCNC(=NC)NCc1ccc(OCCOC)cc1.I. The summed E-state index contributed by atoms with van der Waals surface area (Å²) in [6, 6.07) is 8.87. The highest BCUT2D eigenvalue weighted by Gasteiger charge is 2.19. The van der Waals surface area contributed by atoms with E-state index < -0.39 is 0 Å². The van der Waals surface area contributed by atoms with Crippen LogP contribution in [0.15, 0.2) is 29.3 Å². The maximum atomic E-state index is 5.59. The van der Waals surface area contributed by atoms with Gasteiger partial charge in [0.05, 0.1) is 6.61 Å². The topological polar surface area (TPSA) is 58.1 Å². The summed E-state index contributed by atoms with van der Waals surface area (Å²) in [5.41, 5.74) is 1.19. The zero-order chi connectivity index (χ0) is 19.3. The molecule has 1 aliphatic heterocycles. The van der Waals surface area contributed by atoms with Crippen molar-refractivity contribution in [1.29, 1.82) is 0 Å². The van der Waals surface area contributed by atoms with Crippen LogP contribution in [0.4, 0.5) is 0 Å². The molecule has 1 aromatic carbocycles. The number of nitrogens with one attached hydrogen (secondary N) is 2. The summed E-state index contributed by atoms with van der Waals surface area (Å²) in [6.07, 6.45) is 5.29. The van der Waals surface area contributed by atoms with Crippen molar-refractivity contribution in [3.05, 3.63) is 29.8 Å². The first-order valence-corrected chi connectivity index (χ1v) is 10.2. The Balaban J connectivity index is 0.00000392. The molecule has 0 aromatic heterocycles. The van der Waals surface area contributed by atoms with E-state index in [2.05, 4.69) is 39.6 Å². The summed E-state index contributed by atoms with van der Waals surface area (Å²) in [7, 11) is 3.49. The Morgan fingerprint density at radius 1 is 1.18 bits per heavy atom. The Kier molecular flexibility index (Phi) is 13.3. The van der Waals surface area contributed by atoms with E-state index in [4.69, 9.17) is 9.47 Å². The summed E-state index contributed by atoms with van der Waals surface area (Å²) in [4.78, 5) is 6.95. The fourth-order valence-corrected chi connectivity index (χ4v) is 3.49.